The maximum atomic E-state index is 12.0. The molecule has 2 rings (SSSR count). The number of carbonyl (C=O) groups is 1. The molecule has 1 aromatic heterocycles. The van der Waals surface area contributed by atoms with E-state index in [0.29, 0.717) is 12.1 Å². The lowest BCUT2D eigenvalue weighted by atomic mass is 10.1. The number of rotatable bonds is 7. The number of aliphatic hydroxyl groups is 1. The minimum absolute atomic E-state index is 0.0345. The predicted molar refractivity (Wildman–Crippen MR) is 78.9 cm³/mol. The Hall–Kier alpha value is -1.69. The first kappa shape index (κ1) is 14.7. The third-order valence-corrected chi connectivity index (χ3v) is 3.51. The van der Waals surface area contributed by atoms with E-state index in [1.54, 1.807) is 23.5 Å². The van der Waals surface area contributed by atoms with Crippen molar-refractivity contribution in [3.63, 3.8) is 0 Å². The predicted octanol–water partition coefficient (Wildman–Crippen LogP) is 2.23. The summed E-state index contributed by atoms with van der Waals surface area (Å²) < 4.78 is 5.56. The maximum absolute atomic E-state index is 12.0. The molecule has 1 heterocycles. The average Bonchev–Trinajstić information content (AvgIpc) is 3.02. The van der Waals surface area contributed by atoms with Crippen molar-refractivity contribution >= 4 is 17.2 Å². The highest BCUT2D eigenvalue weighted by molar-refractivity contribution is 7.07. The summed E-state index contributed by atoms with van der Waals surface area (Å²) >= 11 is 1.58. The number of nitrogens with one attached hydrogen (secondary N) is 1. The van der Waals surface area contributed by atoms with Gasteiger partial charge in [0.1, 0.15) is 6.10 Å². The summed E-state index contributed by atoms with van der Waals surface area (Å²) in [6.45, 7) is 0.597. The minimum atomic E-state index is -0.235. The van der Waals surface area contributed by atoms with Crippen molar-refractivity contribution in [1.82, 2.24) is 5.32 Å². The van der Waals surface area contributed by atoms with Crippen LogP contribution in [-0.4, -0.2) is 30.8 Å². The van der Waals surface area contributed by atoms with Crippen LogP contribution in [0.25, 0.3) is 0 Å². The SMILES string of the molecule is O=C(NCC(OCCO)c1ccsc1)c1ccccc1. The Bertz CT molecular complexity index is 513. The van der Waals surface area contributed by atoms with Gasteiger partial charge in [0.05, 0.1) is 13.2 Å². The van der Waals surface area contributed by atoms with Gasteiger partial charge in [-0.1, -0.05) is 18.2 Å². The highest BCUT2D eigenvalue weighted by Crippen LogP contribution is 2.19. The fourth-order valence-electron chi connectivity index (χ4n) is 1.80. The number of benzene rings is 1. The van der Waals surface area contributed by atoms with Gasteiger partial charge in [-0.25, -0.2) is 0 Å². The molecule has 4 nitrogen and oxygen atoms in total. The average molecular weight is 291 g/mol. The fraction of sp³-hybridized carbons (Fsp3) is 0.267. The summed E-state index contributed by atoms with van der Waals surface area (Å²) in [5.74, 6) is -0.126. The maximum Gasteiger partial charge on any atom is 0.251 e. The highest BCUT2D eigenvalue weighted by atomic mass is 32.1. The van der Waals surface area contributed by atoms with Gasteiger partial charge in [0.2, 0.25) is 0 Å². The molecule has 0 aliphatic heterocycles. The van der Waals surface area contributed by atoms with Crippen LogP contribution in [0.4, 0.5) is 0 Å². The van der Waals surface area contributed by atoms with Crippen LogP contribution in [0, 0.1) is 0 Å². The summed E-state index contributed by atoms with van der Waals surface area (Å²) in [7, 11) is 0. The molecule has 20 heavy (non-hydrogen) atoms. The normalized spacial score (nSPS) is 12.1. The van der Waals surface area contributed by atoms with Gasteiger partial charge < -0.3 is 15.2 Å². The zero-order valence-electron chi connectivity index (χ0n) is 11.0. The molecule has 1 amide bonds. The van der Waals surface area contributed by atoms with E-state index in [9.17, 15) is 4.79 Å². The summed E-state index contributed by atoms with van der Waals surface area (Å²) in [6, 6.07) is 11.0. The van der Waals surface area contributed by atoms with Crippen molar-refractivity contribution in [2.45, 2.75) is 6.10 Å². The van der Waals surface area contributed by atoms with Crippen LogP contribution in [0.5, 0.6) is 0 Å². The van der Waals surface area contributed by atoms with Crippen molar-refractivity contribution in [3.05, 3.63) is 58.3 Å². The van der Waals surface area contributed by atoms with Crippen molar-refractivity contribution in [2.24, 2.45) is 0 Å². The van der Waals surface area contributed by atoms with Crippen LogP contribution in [0.2, 0.25) is 0 Å². The van der Waals surface area contributed by atoms with Crippen molar-refractivity contribution in [1.29, 1.82) is 0 Å². The number of thiophene rings is 1. The molecule has 0 radical (unpaired) electrons. The van der Waals surface area contributed by atoms with Crippen LogP contribution in [0.1, 0.15) is 22.0 Å². The molecule has 0 spiro atoms. The monoisotopic (exact) mass is 291 g/mol. The summed E-state index contributed by atoms with van der Waals surface area (Å²) in [5.41, 5.74) is 1.63. The van der Waals surface area contributed by atoms with Crippen LogP contribution in [0.3, 0.4) is 0 Å². The lowest BCUT2D eigenvalue weighted by Gasteiger charge is -2.17. The van der Waals surface area contributed by atoms with E-state index in [1.807, 2.05) is 35.0 Å². The molecule has 2 aromatic rings. The molecule has 106 valence electrons. The third-order valence-electron chi connectivity index (χ3n) is 2.81. The topological polar surface area (TPSA) is 58.6 Å². The smallest absolute Gasteiger partial charge is 0.251 e. The number of hydrogen-bond acceptors (Lipinski definition) is 4. The van der Waals surface area contributed by atoms with Gasteiger partial charge in [-0.15, -0.1) is 0 Å². The first-order valence-electron chi connectivity index (χ1n) is 6.39. The number of ether oxygens (including phenoxy) is 1. The van der Waals surface area contributed by atoms with Crippen molar-refractivity contribution in [3.8, 4) is 0 Å². The van der Waals surface area contributed by atoms with Gasteiger partial charge in [0, 0.05) is 12.1 Å². The molecule has 0 bridgehead atoms. The molecular formula is C15H17NO3S. The minimum Gasteiger partial charge on any atom is -0.394 e. The van der Waals surface area contributed by atoms with Gasteiger partial charge in [0.15, 0.2) is 0 Å². The van der Waals surface area contributed by atoms with Crippen molar-refractivity contribution < 1.29 is 14.6 Å². The molecule has 0 saturated carbocycles. The molecular weight excluding hydrogens is 274 g/mol. The zero-order chi connectivity index (χ0) is 14.2. The summed E-state index contributed by atoms with van der Waals surface area (Å²) in [5, 5.41) is 15.7. The largest absolute Gasteiger partial charge is 0.394 e. The molecule has 0 aliphatic carbocycles. The van der Waals surface area contributed by atoms with E-state index in [-0.39, 0.29) is 25.2 Å². The Morgan fingerprint density at radius 2 is 2.10 bits per heavy atom. The lowest BCUT2D eigenvalue weighted by molar-refractivity contribution is 0.0279. The van der Waals surface area contributed by atoms with E-state index in [1.165, 1.54) is 0 Å². The number of carbonyl (C=O) groups excluding carboxylic acids is 1. The highest BCUT2D eigenvalue weighted by Gasteiger charge is 2.14. The quantitative estimate of drug-likeness (QED) is 0.822. The van der Waals surface area contributed by atoms with Crippen LogP contribution >= 0.6 is 11.3 Å². The number of hydrogen-bond donors (Lipinski definition) is 2. The Kier molecular flexibility index (Phi) is 5.73. The molecule has 0 fully saturated rings. The second-order valence-corrected chi connectivity index (χ2v) is 5.00. The van der Waals surface area contributed by atoms with E-state index in [2.05, 4.69) is 5.32 Å². The summed E-state index contributed by atoms with van der Waals surface area (Å²) in [6.07, 6.45) is -0.235. The van der Waals surface area contributed by atoms with Gasteiger partial charge in [-0.05, 0) is 34.5 Å². The van der Waals surface area contributed by atoms with Crippen LogP contribution < -0.4 is 5.32 Å². The fourth-order valence-corrected chi connectivity index (χ4v) is 2.50. The third kappa shape index (κ3) is 4.16. The van der Waals surface area contributed by atoms with E-state index in [4.69, 9.17) is 9.84 Å². The Morgan fingerprint density at radius 3 is 2.75 bits per heavy atom. The van der Waals surface area contributed by atoms with E-state index in [0.717, 1.165) is 5.56 Å². The number of amides is 1. The Labute approximate surface area is 122 Å². The first-order chi connectivity index (χ1) is 9.81. The Balaban J connectivity index is 1.93. The van der Waals surface area contributed by atoms with Crippen LogP contribution in [0.15, 0.2) is 47.2 Å². The second kappa shape index (κ2) is 7.79. The molecule has 1 atom stereocenters. The molecule has 0 aliphatic rings. The Morgan fingerprint density at radius 1 is 1.30 bits per heavy atom. The first-order valence-corrected chi connectivity index (χ1v) is 7.33. The lowest BCUT2D eigenvalue weighted by Crippen LogP contribution is -2.29. The van der Waals surface area contributed by atoms with E-state index < -0.39 is 0 Å². The molecule has 0 saturated heterocycles. The van der Waals surface area contributed by atoms with Gasteiger partial charge in [-0.3, -0.25) is 4.79 Å². The summed E-state index contributed by atoms with van der Waals surface area (Å²) in [4.78, 5) is 12.0. The molecule has 1 unspecified atom stereocenters. The zero-order valence-corrected chi connectivity index (χ0v) is 11.8. The molecule has 2 N–H and O–H groups in total. The molecule has 5 heteroatoms. The second-order valence-electron chi connectivity index (χ2n) is 4.22. The molecule has 1 aromatic carbocycles. The van der Waals surface area contributed by atoms with Gasteiger partial charge >= 0.3 is 0 Å². The standard InChI is InChI=1S/C15H17NO3S/c17-7-8-19-14(13-6-9-20-11-13)10-16-15(18)12-4-2-1-3-5-12/h1-6,9,11,14,17H,7-8,10H2,(H,16,18). The van der Waals surface area contributed by atoms with Gasteiger partial charge in [0.25, 0.3) is 5.91 Å². The van der Waals surface area contributed by atoms with Gasteiger partial charge in [-0.2, -0.15) is 11.3 Å². The van der Waals surface area contributed by atoms with Crippen molar-refractivity contribution in [2.75, 3.05) is 19.8 Å². The number of aliphatic hydroxyl groups excluding tert-OH is 1. The van der Waals surface area contributed by atoms with Crippen LogP contribution in [-0.2, 0) is 4.74 Å². The van der Waals surface area contributed by atoms with E-state index >= 15 is 0 Å².